The van der Waals surface area contributed by atoms with E-state index in [1.54, 1.807) is 24.5 Å². The molecule has 0 saturated carbocycles. The van der Waals surface area contributed by atoms with Gasteiger partial charge in [-0.1, -0.05) is 32.6 Å². The Labute approximate surface area is 250 Å². The number of halogens is 1. The number of rotatable bonds is 10. The molecule has 6 rings (SSSR count). The van der Waals surface area contributed by atoms with Crippen LogP contribution in [0.1, 0.15) is 25.8 Å². The van der Waals surface area contributed by atoms with Gasteiger partial charge in [-0.15, -0.1) is 0 Å². The SMILES string of the molecule is C=C(Nc1cncc(-c2ccc3[nH]nc(-c4nc5nccc(-c6cc(F)cc(CCCN(C)C)c6)c5[nH]4)c3c2)c1)C(C)C. The molecule has 0 unspecified atom stereocenters. The highest BCUT2D eigenvalue weighted by Gasteiger charge is 2.17. The first-order valence-electron chi connectivity index (χ1n) is 14.4. The van der Waals surface area contributed by atoms with Crippen LogP contribution in [0.3, 0.4) is 0 Å². The van der Waals surface area contributed by atoms with Gasteiger partial charge < -0.3 is 15.2 Å². The minimum atomic E-state index is -0.254. The van der Waals surface area contributed by atoms with Gasteiger partial charge in [0.15, 0.2) is 11.5 Å². The van der Waals surface area contributed by atoms with Crippen LogP contribution >= 0.6 is 0 Å². The van der Waals surface area contributed by atoms with Gasteiger partial charge >= 0.3 is 0 Å². The van der Waals surface area contributed by atoms with Crippen LogP contribution in [0.25, 0.3) is 55.8 Å². The van der Waals surface area contributed by atoms with Crippen molar-refractivity contribution in [1.82, 2.24) is 35.0 Å². The highest BCUT2D eigenvalue weighted by Crippen LogP contribution is 2.33. The predicted molar refractivity (Wildman–Crippen MR) is 172 cm³/mol. The second-order valence-electron chi connectivity index (χ2n) is 11.5. The van der Waals surface area contributed by atoms with Crippen molar-refractivity contribution < 1.29 is 4.39 Å². The number of hydrogen-bond acceptors (Lipinski definition) is 6. The molecule has 4 aromatic heterocycles. The van der Waals surface area contributed by atoms with Gasteiger partial charge in [0.1, 0.15) is 11.5 Å². The normalized spacial score (nSPS) is 11.7. The maximum absolute atomic E-state index is 14.7. The van der Waals surface area contributed by atoms with Crippen molar-refractivity contribution in [2.24, 2.45) is 5.92 Å². The quantitative estimate of drug-likeness (QED) is 0.157. The van der Waals surface area contributed by atoms with Crippen LogP contribution in [-0.4, -0.2) is 55.7 Å². The molecule has 0 bridgehead atoms. The zero-order chi connectivity index (χ0) is 30.1. The molecule has 0 amide bonds. The van der Waals surface area contributed by atoms with Crippen molar-refractivity contribution in [3.8, 4) is 33.8 Å². The first-order valence-corrected chi connectivity index (χ1v) is 14.4. The van der Waals surface area contributed by atoms with E-state index in [1.807, 2.05) is 38.5 Å². The summed E-state index contributed by atoms with van der Waals surface area (Å²) in [6, 6.07) is 15.3. The van der Waals surface area contributed by atoms with Crippen molar-refractivity contribution >= 4 is 27.8 Å². The minimum absolute atomic E-state index is 0.254. The van der Waals surface area contributed by atoms with E-state index < -0.39 is 0 Å². The maximum atomic E-state index is 14.7. The molecule has 0 spiro atoms. The fraction of sp³-hybridized carbons (Fsp3) is 0.235. The van der Waals surface area contributed by atoms with Crippen LogP contribution in [0.2, 0.25) is 0 Å². The topological polar surface area (TPSA) is 98.4 Å². The summed E-state index contributed by atoms with van der Waals surface area (Å²) in [7, 11) is 4.09. The van der Waals surface area contributed by atoms with Crippen LogP contribution < -0.4 is 5.32 Å². The zero-order valence-corrected chi connectivity index (χ0v) is 24.9. The van der Waals surface area contributed by atoms with Crippen LogP contribution in [-0.2, 0) is 6.42 Å². The molecular formula is C34H35FN8. The Balaban J connectivity index is 1.36. The van der Waals surface area contributed by atoms with Gasteiger partial charge in [-0.3, -0.25) is 10.1 Å². The van der Waals surface area contributed by atoms with Crippen molar-refractivity contribution in [3.63, 3.8) is 0 Å². The summed E-state index contributed by atoms with van der Waals surface area (Å²) >= 11 is 0. The lowest BCUT2D eigenvalue weighted by Gasteiger charge is -2.13. The standard InChI is InChI=1S/C34H35FN8/c1-20(2)21(3)38-27-16-25(18-36-19-27)23-8-9-30-29(17-23)32(42-41-30)34-39-31-28(10-11-37-33(31)40-34)24-13-22(14-26(35)15-24)7-6-12-43(4)5/h8-11,13-20,38H,3,6-7,12H2,1-2,4-5H3,(H,41,42)(H,37,39,40). The summed E-state index contributed by atoms with van der Waals surface area (Å²) in [5.74, 6) is 0.640. The maximum Gasteiger partial charge on any atom is 0.178 e. The van der Waals surface area contributed by atoms with Gasteiger partial charge in [0, 0.05) is 34.6 Å². The van der Waals surface area contributed by atoms with Gasteiger partial charge in [-0.05, 0) is 92.5 Å². The Kier molecular flexibility index (Phi) is 7.73. The number of fused-ring (bicyclic) bond motifs is 2. The van der Waals surface area contributed by atoms with Crippen molar-refractivity contribution in [1.29, 1.82) is 0 Å². The molecular weight excluding hydrogens is 539 g/mol. The van der Waals surface area contributed by atoms with Crippen LogP contribution in [0.5, 0.6) is 0 Å². The molecule has 8 nitrogen and oxygen atoms in total. The first kappa shape index (κ1) is 28.2. The van der Waals surface area contributed by atoms with Gasteiger partial charge in [-0.2, -0.15) is 5.10 Å². The predicted octanol–water partition coefficient (Wildman–Crippen LogP) is 7.45. The van der Waals surface area contributed by atoms with E-state index in [0.29, 0.717) is 23.1 Å². The molecule has 0 atom stereocenters. The van der Waals surface area contributed by atoms with E-state index in [4.69, 9.17) is 4.98 Å². The smallest absolute Gasteiger partial charge is 0.178 e. The van der Waals surface area contributed by atoms with E-state index in [0.717, 1.165) is 75.0 Å². The second kappa shape index (κ2) is 11.8. The number of aryl methyl sites for hydroxylation is 1. The Morgan fingerprint density at radius 3 is 2.70 bits per heavy atom. The van der Waals surface area contributed by atoms with E-state index in [2.05, 4.69) is 74.0 Å². The number of pyridine rings is 2. The summed E-state index contributed by atoms with van der Waals surface area (Å²) in [6.07, 6.45) is 7.10. The van der Waals surface area contributed by atoms with Crippen LogP contribution in [0, 0.1) is 11.7 Å². The third kappa shape index (κ3) is 6.03. The summed E-state index contributed by atoms with van der Waals surface area (Å²) < 4.78 is 14.7. The number of aromatic nitrogens is 6. The Morgan fingerprint density at radius 2 is 1.88 bits per heavy atom. The molecule has 9 heteroatoms. The fourth-order valence-electron chi connectivity index (χ4n) is 5.18. The largest absolute Gasteiger partial charge is 0.358 e. The fourth-order valence-corrected chi connectivity index (χ4v) is 5.18. The molecule has 2 aromatic carbocycles. The third-order valence-electron chi connectivity index (χ3n) is 7.59. The number of nitrogens with zero attached hydrogens (tertiary/aromatic N) is 5. The summed E-state index contributed by atoms with van der Waals surface area (Å²) in [4.78, 5) is 19.3. The molecule has 0 radical (unpaired) electrons. The van der Waals surface area contributed by atoms with Gasteiger partial charge in [0.25, 0.3) is 0 Å². The third-order valence-corrected chi connectivity index (χ3v) is 7.59. The van der Waals surface area contributed by atoms with Gasteiger partial charge in [-0.25, -0.2) is 14.4 Å². The number of aromatic amines is 2. The zero-order valence-electron chi connectivity index (χ0n) is 24.9. The van der Waals surface area contributed by atoms with Crippen molar-refractivity contribution in [3.05, 3.63) is 90.8 Å². The lowest BCUT2D eigenvalue weighted by molar-refractivity contribution is 0.400. The number of hydrogen-bond donors (Lipinski definition) is 3. The summed E-state index contributed by atoms with van der Waals surface area (Å²) in [5, 5.41) is 12.0. The van der Waals surface area contributed by atoms with E-state index in [1.165, 1.54) is 0 Å². The first-order chi connectivity index (χ1) is 20.7. The Morgan fingerprint density at radius 1 is 1.02 bits per heavy atom. The molecule has 218 valence electrons. The van der Waals surface area contributed by atoms with Gasteiger partial charge in [0.2, 0.25) is 0 Å². The second-order valence-corrected chi connectivity index (χ2v) is 11.5. The molecule has 0 saturated heterocycles. The van der Waals surface area contributed by atoms with Crippen molar-refractivity contribution in [2.75, 3.05) is 26.0 Å². The summed E-state index contributed by atoms with van der Waals surface area (Å²) in [5.41, 5.74) is 9.24. The van der Waals surface area contributed by atoms with Crippen molar-refractivity contribution in [2.45, 2.75) is 26.7 Å². The average Bonchev–Trinajstić information content (AvgIpc) is 3.60. The molecule has 4 heterocycles. The Bertz CT molecular complexity index is 1930. The molecule has 0 aliphatic carbocycles. The monoisotopic (exact) mass is 574 g/mol. The molecule has 0 aliphatic rings. The number of imidazole rings is 1. The highest BCUT2D eigenvalue weighted by atomic mass is 19.1. The molecule has 0 aliphatic heterocycles. The summed E-state index contributed by atoms with van der Waals surface area (Å²) in [6.45, 7) is 9.25. The molecule has 43 heavy (non-hydrogen) atoms. The lowest BCUT2D eigenvalue weighted by atomic mass is 10.0. The van der Waals surface area contributed by atoms with Gasteiger partial charge in [0.05, 0.1) is 22.9 Å². The van der Waals surface area contributed by atoms with E-state index >= 15 is 0 Å². The highest BCUT2D eigenvalue weighted by molar-refractivity contribution is 5.97. The number of nitrogens with one attached hydrogen (secondary N) is 3. The minimum Gasteiger partial charge on any atom is -0.358 e. The lowest BCUT2D eigenvalue weighted by Crippen LogP contribution is -2.13. The molecule has 6 aromatic rings. The number of benzene rings is 2. The molecule has 3 N–H and O–H groups in total. The number of allylic oxidation sites excluding steroid dienone is 1. The van der Waals surface area contributed by atoms with E-state index in [-0.39, 0.29) is 5.82 Å². The number of anilines is 1. The van der Waals surface area contributed by atoms with Crippen LogP contribution in [0.4, 0.5) is 10.1 Å². The Hall–Kier alpha value is -4.89. The number of H-pyrrole nitrogens is 2. The average molecular weight is 575 g/mol. The van der Waals surface area contributed by atoms with Crippen LogP contribution in [0.15, 0.2) is 79.4 Å². The molecule has 0 fully saturated rings. The van der Waals surface area contributed by atoms with E-state index in [9.17, 15) is 4.39 Å².